The first-order chi connectivity index (χ1) is 9.88. The van der Waals surface area contributed by atoms with Crippen LogP contribution in [0.15, 0.2) is 16.7 Å². The quantitative estimate of drug-likeness (QED) is 0.897. The Bertz CT molecular complexity index is 670. The average Bonchev–Trinajstić information content (AvgIpc) is 2.85. The third-order valence-electron chi connectivity index (χ3n) is 2.56. The molecular weight excluding hydrogens is 319 g/mol. The smallest absolute Gasteiger partial charge is 0.339 e. The van der Waals surface area contributed by atoms with Crippen molar-refractivity contribution in [2.24, 2.45) is 0 Å². The zero-order chi connectivity index (χ0) is 15.6. The van der Waals surface area contributed by atoms with Crippen LogP contribution in [-0.2, 0) is 6.61 Å². The highest BCUT2D eigenvalue weighted by Crippen LogP contribution is 2.33. The molecule has 0 spiro atoms. The number of hydrogen-bond donors (Lipinski definition) is 1. The van der Waals surface area contributed by atoms with E-state index in [1.165, 1.54) is 12.1 Å². The van der Waals surface area contributed by atoms with Gasteiger partial charge in [0.2, 0.25) is 11.7 Å². The number of halogens is 2. The summed E-state index contributed by atoms with van der Waals surface area (Å²) in [6.07, 6.45) is 0. The summed E-state index contributed by atoms with van der Waals surface area (Å²) in [5.41, 5.74) is -0.125. The Morgan fingerprint density at radius 2 is 2.14 bits per heavy atom. The molecule has 1 aromatic carbocycles. The second-order valence-electron chi connectivity index (χ2n) is 4.56. The summed E-state index contributed by atoms with van der Waals surface area (Å²) in [6.45, 7) is 3.77. The molecular formula is C13H12Cl2N2O4. The molecule has 0 fully saturated rings. The Morgan fingerprint density at radius 3 is 2.71 bits per heavy atom. The molecule has 0 radical (unpaired) electrons. The van der Waals surface area contributed by atoms with Gasteiger partial charge in [-0.2, -0.15) is 4.98 Å². The normalized spacial score (nSPS) is 10.9. The van der Waals surface area contributed by atoms with Crippen molar-refractivity contribution < 1.29 is 19.2 Å². The monoisotopic (exact) mass is 330 g/mol. The van der Waals surface area contributed by atoms with Gasteiger partial charge >= 0.3 is 5.97 Å². The minimum absolute atomic E-state index is 0.0180. The largest absolute Gasteiger partial charge is 0.483 e. The Balaban J connectivity index is 2.21. The molecule has 8 heteroatoms. The molecule has 0 atom stereocenters. The lowest BCUT2D eigenvalue weighted by molar-refractivity contribution is 0.0691. The molecule has 1 aromatic heterocycles. The van der Waals surface area contributed by atoms with Crippen molar-refractivity contribution in [3.8, 4) is 5.75 Å². The van der Waals surface area contributed by atoms with E-state index in [0.717, 1.165) is 0 Å². The number of carbonyl (C=O) groups is 1. The molecule has 0 saturated carbocycles. The van der Waals surface area contributed by atoms with Gasteiger partial charge in [-0.1, -0.05) is 42.2 Å². The van der Waals surface area contributed by atoms with Crippen LogP contribution >= 0.6 is 23.2 Å². The van der Waals surface area contributed by atoms with Crippen LogP contribution in [0.1, 0.15) is 41.8 Å². The van der Waals surface area contributed by atoms with E-state index < -0.39 is 5.97 Å². The van der Waals surface area contributed by atoms with E-state index in [2.05, 4.69) is 10.1 Å². The summed E-state index contributed by atoms with van der Waals surface area (Å²) in [6, 6.07) is 2.67. The lowest BCUT2D eigenvalue weighted by atomic mass is 10.2. The van der Waals surface area contributed by atoms with Gasteiger partial charge in [-0.3, -0.25) is 0 Å². The van der Waals surface area contributed by atoms with Gasteiger partial charge in [0.15, 0.2) is 12.4 Å². The Hall–Kier alpha value is -1.79. The van der Waals surface area contributed by atoms with Crippen LogP contribution in [0.3, 0.4) is 0 Å². The summed E-state index contributed by atoms with van der Waals surface area (Å²) < 4.78 is 10.4. The number of carboxylic acid groups (broad SMARTS) is 1. The number of benzene rings is 1. The van der Waals surface area contributed by atoms with Crippen LogP contribution in [-0.4, -0.2) is 21.2 Å². The summed E-state index contributed by atoms with van der Waals surface area (Å²) >= 11 is 11.7. The van der Waals surface area contributed by atoms with E-state index >= 15 is 0 Å². The molecule has 0 aliphatic heterocycles. The molecule has 0 aliphatic carbocycles. The van der Waals surface area contributed by atoms with Crippen LogP contribution < -0.4 is 4.74 Å². The van der Waals surface area contributed by atoms with Crippen molar-refractivity contribution in [2.75, 3.05) is 0 Å². The highest BCUT2D eigenvalue weighted by atomic mass is 35.5. The van der Waals surface area contributed by atoms with Crippen LogP contribution in [0.5, 0.6) is 5.75 Å². The molecule has 0 unspecified atom stereocenters. The average molecular weight is 331 g/mol. The number of hydrogen-bond acceptors (Lipinski definition) is 5. The maximum absolute atomic E-state index is 11.2. The predicted molar refractivity (Wildman–Crippen MR) is 76.1 cm³/mol. The second-order valence-corrected chi connectivity index (χ2v) is 5.41. The Labute approximate surface area is 130 Å². The molecule has 1 N–H and O–H groups in total. The minimum atomic E-state index is -1.19. The first kappa shape index (κ1) is 15.6. The van der Waals surface area contributed by atoms with Crippen molar-refractivity contribution in [2.45, 2.75) is 26.4 Å². The van der Waals surface area contributed by atoms with Crippen LogP contribution in [0.4, 0.5) is 0 Å². The topological polar surface area (TPSA) is 85.5 Å². The van der Waals surface area contributed by atoms with E-state index in [4.69, 9.17) is 37.6 Å². The number of rotatable bonds is 5. The Kier molecular flexibility index (Phi) is 4.69. The van der Waals surface area contributed by atoms with Crippen molar-refractivity contribution in [1.29, 1.82) is 0 Å². The first-order valence-electron chi connectivity index (χ1n) is 6.06. The highest BCUT2D eigenvalue weighted by molar-refractivity contribution is 6.36. The lowest BCUT2D eigenvalue weighted by Gasteiger charge is -2.09. The summed E-state index contributed by atoms with van der Waals surface area (Å²) in [7, 11) is 0. The summed E-state index contributed by atoms with van der Waals surface area (Å²) in [5.74, 6) is -0.287. The zero-order valence-corrected chi connectivity index (χ0v) is 12.8. The van der Waals surface area contributed by atoms with Gasteiger partial charge in [-0.05, 0) is 12.1 Å². The van der Waals surface area contributed by atoms with E-state index in [1.807, 2.05) is 13.8 Å². The van der Waals surface area contributed by atoms with Gasteiger partial charge in [0, 0.05) is 10.9 Å². The summed E-state index contributed by atoms with van der Waals surface area (Å²) in [5, 5.41) is 13.2. The van der Waals surface area contributed by atoms with Crippen LogP contribution in [0, 0.1) is 0 Å². The molecule has 6 nitrogen and oxygen atoms in total. The van der Waals surface area contributed by atoms with E-state index in [9.17, 15) is 4.79 Å². The molecule has 1 heterocycles. The number of carboxylic acids is 1. The molecule has 0 amide bonds. The van der Waals surface area contributed by atoms with E-state index in [-0.39, 0.29) is 33.9 Å². The van der Waals surface area contributed by atoms with Gasteiger partial charge in [0.05, 0.1) is 5.02 Å². The molecule has 0 aliphatic rings. The first-order valence-corrected chi connectivity index (χ1v) is 6.81. The van der Waals surface area contributed by atoms with Gasteiger partial charge in [-0.15, -0.1) is 0 Å². The lowest BCUT2D eigenvalue weighted by Crippen LogP contribution is -2.05. The minimum Gasteiger partial charge on any atom is -0.483 e. The predicted octanol–water partition coefficient (Wildman–Crippen LogP) is 3.78. The molecule has 21 heavy (non-hydrogen) atoms. The van der Waals surface area contributed by atoms with Crippen LogP contribution in [0.2, 0.25) is 10.0 Å². The number of aromatic nitrogens is 2. The number of nitrogens with zero attached hydrogens (tertiary/aromatic N) is 2. The zero-order valence-electron chi connectivity index (χ0n) is 11.3. The van der Waals surface area contributed by atoms with E-state index in [1.54, 1.807) is 0 Å². The van der Waals surface area contributed by atoms with E-state index in [0.29, 0.717) is 11.7 Å². The van der Waals surface area contributed by atoms with Gasteiger partial charge < -0.3 is 14.4 Å². The SMILES string of the molecule is CC(C)c1nc(COc2c(Cl)cc(Cl)cc2C(=O)O)no1. The number of aromatic carboxylic acids is 1. The van der Waals surface area contributed by atoms with Gasteiger partial charge in [0.1, 0.15) is 5.56 Å². The molecule has 0 saturated heterocycles. The van der Waals surface area contributed by atoms with Gasteiger partial charge in [-0.25, -0.2) is 4.79 Å². The van der Waals surface area contributed by atoms with Crippen molar-refractivity contribution in [3.63, 3.8) is 0 Å². The highest BCUT2D eigenvalue weighted by Gasteiger charge is 2.18. The van der Waals surface area contributed by atoms with Crippen molar-refractivity contribution >= 4 is 29.2 Å². The fourth-order valence-electron chi connectivity index (χ4n) is 1.56. The molecule has 112 valence electrons. The molecule has 0 bridgehead atoms. The third-order valence-corrected chi connectivity index (χ3v) is 3.06. The Morgan fingerprint density at radius 1 is 1.43 bits per heavy atom. The molecule has 2 rings (SSSR count). The van der Waals surface area contributed by atoms with Crippen LogP contribution in [0.25, 0.3) is 0 Å². The third kappa shape index (κ3) is 3.65. The maximum atomic E-state index is 11.2. The fourth-order valence-corrected chi connectivity index (χ4v) is 2.11. The fraction of sp³-hybridized carbons (Fsp3) is 0.308. The second kappa shape index (κ2) is 6.32. The standard InChI is InChI=1S/C13H12Cl2N2O4/c1-6(2)12-16-10(17-21-12)5-20-11-8(13(18)19)3-7(14)4-9(11)15/h3-4,6H,5H2,1-2H3,(H,18,19). The van der Waals surface area contributed by atoms with Crippen molar-refractivity contribution in [3.05, 3.63) is 39.5 Å². The number of ether oxygens (including phenoxy) is 1. The van der Waals surface area contributed by atoms with Crippen molar-refractivity contribution in [1.82, 2.24) is 10.1 Å². The summed E-state index contributed by atoms with van der Waals surface area (Å²) in [4.78, 5) is 15.3. The maximum Gasteiger partial charge on any atom is 0.339 e. The molecule has 2 aromatic rings. The van der Waals surface area contributed by atoms with Gasteiger partial charge in [0.25, 0.3) is 0 Å².